The molecule has 0 aliphatic carbocycles. The van der Waals surface area contributed by atoms with Crippen LogP contribution in [0.25, 0.3) is 6.08 Å². The summed E-state index contributed by atoms with van der Waals surface area (Å²) < 4.78 is 10.1. The van der Waals surface area contributed by atoms with Crippen molar-refractivity contribution in [3.8, 4) is 11.5 Å². The van der Waals surface area contributed by atoms with Crippen LogP contribution in [0.1, 0.15) is 18.9 Å². The number of ether oxygens (including phenoxy) is 2. The van der Waals surface area contributed by atoms with Crippen molar-refractivity contribution in [2.45, 2.75) is 13.3 Å². The molecule has 0 aromatic heterocycles. The Morgan fingerprint density at radius 1 is 1.26 bits per heavy atom. The van der Waals surface area contributed by atoms with Gasteiger partial charge in [-0.15, -0.1) is 10.1 Å². The number of carbonyl (C=O) groups is 3. The molecule has 0 radical (unpaired) electrons. The van der Waals surface area contributed by atoms with E-state index in [0.29, 0.717) is 11.5 Å². The fourth-order valence-electron chi connectivity index (χ4n) is 1.74. The zero-order valence-corrected chi connectivity index (χ0v) is 15.1. The van der Waals surface area contributed by atoms with Crippen molar-refractivity contribution in [3.05, 3.63) is 40.0 Å². The molecule has 0 bridgehead atoms. The maximum absolute atomic E-state index is 11.9. The fourth-order valence-corrected chi connectivity index (χ4v) is 2.45. The van der Waals surface area contributed by atoms with E-state index in [4.69, 9.17) is 14.6 Å². The van der Waals surface area contributed by atoms with Crippen LogP contribution in [-0.2, 0) is 19.2 Å². The maximum atomic E-state index is 11.9. The summed E-state index contributed by atoms with van der Waals surface area (Å²) in [6, 6.07) is 4.16. The number of thioether (sulfide) groups is 1. The lowest BCUT2D eigenvalue weighted by atomic mass is 10.1. The SMILES string of the molecule is CC(=O)Oc1ccc(OC(=O)CCSCCO[N+](=O)[O-])c(/C=C/C(=O)O)c1. The lowest BCUT2D eigenvalue weighted by Gasteiger charge is -2.09. The van der Waals surface area contributed by atoms with E-state index in [0.717, 1.165) is 6.08 Å². The Kier molecular flexibility index (Phi) is 9.37. The molecule has 0 saturated heterocycles. The second-order valence-electron chi connectivity index (χ2n) is 4.86. The highest BCUT2D eigenvalue weighted by Gasteiger charge is 2.11. The number of carboxylic acid groups (broad SMARTS) is 1. The molecular formula is C16H17NO9S. The van der Waals surface area contributed by atoms with Crippen LogP contribution in [0.5, 0.6) is 11.5 Å². The molecule has 0 aliphatic rings. The number of hydrogen-bond donors (Lipinski definition) is 1. The molecule has 0 amide bonds. The van der Waals surface area contributed by atoms with Crippen LogP contribution in [0.3, 0.4) is 0 Å². The van der Waals surface area contributed by atoms with Crippen molar-refractivity contribution in [1.82, 2.24) is 0 Å². The van der Waals surface area contributed by atoms with Gasteiger partial charge in [0.2, 0.25) is 0 Å². The summed E-state index contributed by atoms with van der Waals surface area (Å²) in [7, 11) is 0. The van der Waals surface area contributed by atoms with Gasteiger partial charge in [-0.2, -0.15) is 11.8 Å². The van der Waals surface area contributed by atoms with E-state index in [1.165, 1.54) is 43.0 Å². The summed E-state index contributed by atoms with van der Waals surface area (Å²) in [6.07, 6.45) is 2.11. The normalized spacial score (nSPS) is 10.4. The van der Waals surface area contributed by atoms with Gasteiger partial charge in [0.1, 0.15) is 18.1 Å². The molecule has 1 rings (SSSR count). The Bertz CT molecular complexity index is 733. The average Bonchev–Trinajstić information content (AvgIpc) is 2.57. The van der Waals surface area contributed by atoms with Crippen LogP contribution < -0.4 is 9.47 Å². The Labute approximate surface area is 158 Å². The van der Waals surface area contributed by atoms with Crippen molar-refractivity contribution >= 4 is 35.7 Å². The zero-order valence-electron chi connectivity index (χ0n) is 14.3. The van der Waals surface area contributed by atoms with E-state index >= 15 is 0 Å². The van der Waals surface area contributed by atoms with E-state index < -0.39 is 23.0 Å². The number of hydrogen-bond acceptors (Lipinski definition) is 9. The lowest BCUT2D eigenvalue weighted by molar-refractivity contribution is -0.756. The Balaban J connectivity index is 2.65. The molecule has 0 fully saturated rings. The predicted octanol–water partition coefficient (Wildman–Crippen LogP) is 1.95. The molecule has 0 spiro atoms. The molecule has 10 nitrogen and oxygen atoms in total. The van der Waals surface area contributed by atoms with Gasteiger partial charge in [0.05, 0.1) is 6.42 Å². The predicted molar refractivity (Wildman–Crippen MR) is 94.9 cm³/mol. The Hall–Kier alpha value is -3.08. The van der Waals surface area contributed by atoms with Crippen molar-refractivity contribution < 1.29 is 38.9 Å². The second-order valence-corrected chi connectivity index (χ2v) is 6.08. The van der Waals surface area contributed by atoms with Crippen LogP contribution in [0.15, 0.2) is 24.3 Å². The van der Waals surface area contributed by atoms with Gasteiger partial charge in [0.15, 0.2) is 0 Å². The van der Waals surface area contributed by atoms with Crippen LogP contribution >= 0.6 is 11.8 Å². The van der Waals surface area contributed by atoms with Crippen LogP contribution in [0.2, 0.25) is 0 Å². The van der Waals surface area contributed by atoms with Gasteiger partial charge in [0.25, 0.3) is 5.09 Å². The number of aliphatic carboxylic acids is 1. The molecule has 1 aromatic carbocycles. The topological polar surface area (TPSA) is 142 Å². The summed E-state index contributed by atoms with van der Waals surface area (Å²) in [4.78, 5) is 47.7. The molecule has 0 aliphatic heterocycles. The van der Waals surface area contributed by atoms with E-state index in [2.05, 4.69) is 4.84 Å². The molecule has 11 heteroatoms. The minimum Gasteiger partial charge on any atom is -0.478 e. The third-order valence-corrected chi connectivity index (χ3v) is 3.70. The van der Waals surface area contributed by atoms with Crippen LogP contribution in [0, 0.1) is 10.1 Å². The van der Waals surface area contributed by atoms with Gasteiger partial charge in [-0.25, -0.2) is 4.79 Å². The van der Waals surface area contributed by atoms with Crippen molar-refractivity contribution in [2.75, 3.05) is 18.1 Å². The second kappa shape index (κ2) is 11.5. The monoisotopic (exact) mass is 399 g/mol. The fraction of sp³-hybridized carbons (Fsp3) is 0.312. The molecule has 0 saturated carbocycles. The van der Waals surface area contributed by atoms with E-state index in [1.807, 2.05) is 0 Å². The number of nitrogens with zero attached hydrogens (tertiary/aromatic N) is 1. The first-order valence-electron chi connectivity index (χ1n) is 7.57. The van der Waals surface area contributed by atoms with Gasteiger partial charge < -0.3 is 19.4 Å². The third-order valence-electron chi connectivity index (χ3n) is 2.75. The molecule has 27 heavy (non-hydrogen) atoms. The first-order chi connectivity index (χ1) is 12.8. The number of rotatable bonds is 11. The van der Waals surface area contributed by atoms with E-state index in [1.54, 1.807) is 0 Å². The Morgan fingerprint density at radius 2 is 2.00 bits per heavy atom. The van der Waals surface area contributed by atoms with Crippen LogP contribution in [0.4, 0.5) is 0 Å². The molecular weight excluding hydrogens is 382 g/mol. The maximum Gasteiger partial charge on any atom is 0.328 e. The highest BCUT2D eigenvalue weighted by Crippen LogP contribution is 2.26. The largest absolute Gasteiger partial charge is 0.478 e. The number of carbonyl (C=O) groups excluding carboxylic acids is 2. The molecule has 146 valence electrons. The van der Waals surface area contributed by atoms with E-state index in [9.17, 15) is 24.5 Å². The molecule has 0 unspecified atom stereocenters. The lowest BCUT2D eigenvalue weighted by Crippen LogP contribution is -2.11. The summed E-state index contributed by atoms with van der Waals surface area (Å²) in [5.41, 5.74) is 0.247. The Morgan fingerprint density at radius 3 is 2.63 bits per heavy atom. The minimum atomic E-state index is -1.20. The van der Waals surface area contributed by atoms with Gasteiger partial charge in [-0.3, -0.25) is 9.59 Å². The molecule has 0 atom stereocenters. The number of benzene rings is 1. The smallest absolute Gasteiger partial charge is 0.328 e. The number of carboxylic acids is 1. The van der Waals surface area contributed by atoms with Gasteiger partial charge in [-0.1, -0.05) is 0 Å². The van der Waals surface area contributed by atoms with Crippen molar-refractivity contribution in [1.29, 1.82) is 0 Å². The average molecular weight is 399 g/mol. The van der Waals surface area contributed by atoms with E-state index in [-0.39, 0.29) is 30.1 Å². The van der Waals surface area contributed by atoms with Gasteiger partial charge in [0, 0.05) is 30.1 Å². The molecule has 1 N–H and O–H groups in total. The first-order valence-corrected chi connectivity index (χ1v) is 8.72. The standard InChI is InChI=1S/C16H17NO9S/c1-11(18)25-13-3-4-14(12(10-13)2-5-15(19)20)26-16(21)6-8-27-9-7-24-17(22)23/h2-5,10H,6-9H2,1H3,(H,19,20)/b5-2+. The van der Waals surface area contributed by atoms with Crippen LogP contribution in [-0.4, -0.2) is 46.2 Å². The summed E-state index contributed by atoms with van der Waals surface area (Å²) >= 11 is 1.28. The summed E-state index contributed by atoms with van der Waals surface area (Å²) in [5.74, 6) is -1.32. The number of esters is 2. The first kappa shape index (κ1) is 22.0. The summed E-state index contributed by atoms with van der Waals surface area (Å²) in [5, 5.41) is 17.8. The van der Waals surface area contributed by atoms with Gasteiger partial charge in [-0.05, 0) is 24.3 Å². The molecule has 1 aromatic rings. The molecule has 0 heterocycles. The van der Waals surface area contributed by atoms with Crippen molar-refractivity contribution in [3.63, 3.8) is 0 Å². The quantitative estimate of drug-likeness (QED) is 0.146. The highest BCUT2D eigenvalue weighted by molar-refractivity contribution is 7.99. The third kappa shape index (κ3) is 9.84. The van der Waals surface area contributed by atoms with Crippen molar-refractivity contribution in [2.24, 2.45) is 0 Å². The highest BCUT2D eigenvalue weighted by atomic mass is 32.2. The zero-order chi connectivity index (χ0) is 20.2. The van der Waals surface area contributed by atoms with Gasteiger partial charge >= 0.3 is 17.9 Å². The summed E-state index contributed by atoms with van der Waals surface area (Å²) in [6.45, 7) is 1.14. The minimum absolute atomic E-state index is 0.0386.